The highest BCUT2D eigenvalue weighted by Gasteiger charge is 2.11. The number of aromatic nitrogens is 3. The lowest BCUT2D eigenvalue weighted by Gasteiger charge is -2.15. The summed E-state index contributed by atoms with van der Waals surface area (Å²) in [7, 11) is 0. The Morgan fingerprint density at radius 1 is 1.08 bits per heavy atom. The predicted molar refractivity (Wildman–Crippen MR) is 105 cm³/mol. The number of hydrogen-bond donors (Lipinski definition) is 2. The van der Waals surface area contributed by atoms with Crippen LogP contribution in [0.5, 0.6) is 11.5 Å². The molecule has 26 heavy (non-hydrogen) atoms. The van der Waals surface area contributed by atoms with Crippen molar-refractivity contribution in [1.82, 2.24) is 15.4 Å². The number of hydrogen-bond acceptors (Lipinski definition) is 6. The Kier molecular flexibility index (Phi) is 10.1. The molecule has 0 aliphatic heterocycles. The monoisotopic (exact) mass is 360 g/mol. The van der Waals surface area contributed by atoms with E-state index in [1.807, 2.05) is 13.0 Å². The molecule has 3 N–H and O–H groups in total. The summed E-state index contributed by atoms with van der Waals surface area (Å²) in [6.07, 6.45) is 8.21. The third-order valence-electron chi connectivity index (χ3n) is 4.17. The quantitative estimate of drug-likeness (QED) is 0.684. The highest BCUT2D eigenvalue weighted by Crippen LogP contribution is 2.33. The van der Waals surface area contributed by atoms with E-state index < -0.39 is 0 Å². The Bertz CT molecular complexity index is 641. The van der Waals surface area contributed by atoms with Crippen LogP contribution in [0.1, 0.15) is 63.1 Å². The smallest absolute Gasteiger partial charge is 0.164 e. The van der Waals surface area contributed by atoms with Crippen molar-refractivity contribution in [3.8, 4) is 11.5 Å². The molecule has 0 bridgehead atoms. The lowest BCUT2D eigenvalue weighted by atomic mass is 10.0. The molecule has 2 aromatic rings. The van der Waals surface area contributed by atoms with Crippen molar-refractivity contribution in [2.75, 3.05) is 12.3 Å². The van der Waals surface area contributed by atoms with Crippen LogP contribution in [0.15, 0.2) is 18.3 Å². The van der Waals surface area contributed by atoms with Crippen LogP contribution in [0, 0.1) is 6.92 Å². The maximum atomic E-state index is 9.92. The summed E-state index contributed by atoms with van der Waals surface area (Å²) in [6, 6.07) is 3.75. The van der Waals surface area contributed by atoms with Crippen LogP contribution < -0.4 is 10.5 Å². The van der Waals surface area contributed by atoms with Crippen LogP contribution in [-0.2, 0) is 12.8 Å². The van der Waals surface area contributed by atoms with E-state index in [2.05, 4.69) is 36.2 Å². The first-order valence-corrected chi connectivity index (χ1v) is 9.41. The molecule has 0 saturated carbocycles. The summed E-state index contributed by atoms with van der Waals surface area (Å²) in [4.78, 5) is 0. The van der Waals surface area contributed by atoms with Gasteiger partial charge in [0.05, 0.1) is 12.8 Å². The molecule has 0 saturated heterocycles. The molecule has 0 unspecified atom stereocenters. The second-order valence-electron chi connectivity index (χ2n) is 6.17. The number of rotatable bonds is 8. The number of phenolic OH excluding ortho intramolecular Hbond substituents is 1. The molecule has 0 atom stereocenters. The molecule has 1 aromatic carbocycles. The Balaban J connectivity index is 0.000000350. The SMILES string of the molecule is CCCCCCOc1c(O)ccc(CC)c1CC.Cc1cnnnc1N. The summed E-state index contributed by atoms with van der Waals surface area (Å²) in [5, 5.41) is 20.2. The maximum Gasteiger partial charge on any atom is 0.164 e. The zero-order valence-electron chi connectivity index (χ0n) is 16.5. The van der Waals surface area contributed by atoms with Gasteiger partial charge in [0.15, 0.2) is 17.3 Å². The Labute approximate surface area is 156 Å². The number of nitrogen functional groups attached to an aromatic ring is 1. The fourth-order valence-electron chi connectivity index (χ4n) is 2.57. The molecule has 0 aliphatic carbocycles. The molecule has 1 heterocycles. The minimum atomic E-state index is 0.277. The van der Waals surface area contributed by atoms with Crippen LogP contribution in [0.3, 0.4) is 0 Å². The minimum Gasteiger partial charge on any atom is -0.504 e. The van der Waals surface area contributed by atoms with Crippen molar-refractivity contribution in [2.45, 2.75) is 66.2 Å². The van der Waals surface area contributed by atoms with Gasteiger partial charge >= 0.3 is 0 Å². The van der Waals surface area contributed by atoms with Crippen molar-refractivity contribution in [3.63, 3.8) is 0 Å². The fourth-order valence-corrected chi connectivity index (χ4v) is 2.57. The fraction of sp³-hybridized carbons (Fsp3) is 0.550. The van der Waals surface area contributed by atoms with E-state index in [1.54, 1.807) is 12.3 Å². The predicted octanol–water partition coefficient (Wildman–Crippen LogP) is 4.24. The van der Waals surface area contributed by atoms with Crippen molar-refractivity contribution in [1.29, 1.82) is 0 Å². The molecule has 1 aromatic heterocycles. The highest BCUT2D eigenvalue weighted by molar-refractivity contribution is 5.50. The average molecular weight is 361 g/mol. The van der Waals surface area contributed by atoms with Gasteiger partial charge < -0.3 is 15.6 Å². The van der Waals surface area contributed by atoms with E-state index in [0.29, 0.717) is 18.2 Å². The number of nitrogens with zero attached hydrogens (tertiary/aromatic N) is 3. The van der Waals surface area contributed by atoms with Gasteiger partial charge in [-0.1, -0.05) is 46.1 Å². The molecule has 6 nitrogen and oxygen atoms in total. The summed E-state index contributed by atoms with van der Waals surface area (Å²) >= 11 is 0. The first-order chi connectivity index (χ1) is 12.5. The van der Waals surface area contributed by atoms with Gasteiger partial charge in [0.25, 0.3) is 0 Å². The second kappa shape index (κ2) is 12.1. The van der Waals surface area contributed by atoms with E-state index in [9.17, 15) is 5.11 Å². The minimum absolute atomic E-state index is 0.277. The number of benzene rings is 1. The largest absolute Gasteiger partial charge is 0.504 e. The summed E-state index contributed by atoms with van der Waals surface area (Å²) in [5.41, 5.74) is 8.60. The van der Waals surface area contributed by atoms with Gasteiger partial charge in [-0.2, -0.15) is 0 Å². The first-order valence-electron chi connectivity index (χ1n) is 9.41. The van der Waals surface area contributed by atoms with Gasteiger partial charge in [0.2, 0.25) is 0 Å². The normalized spacial score (nSPS) is 10.2. The van der Waals surface area contributed by atoms with Gasteiger partial charge in [-0.15, -0.1) is 10.2 Å². The Morgan fingerprint density at radius 2 is 1.85 bits per heavy atom. The van der Waals surface area contributed by atoms with Gasteiger partial charge in [-0.25, -0.2) is 0 Å². The number of nitrogens with two attached hydrogens (primary N) is 1. The molecule has 144 valence electrons. The Hall–Kier alpha value is -2.37. The summed E-state index contributed by atoms with van der Waals surface area (Å²) in [6.45, 7) is 8.98. The second-order valence-corrected chi connectivity index (χ2v) is 6.17. The first kappa shape index (κ1) is 21.7. The number of ether oxygens (including phenoxy) is 1. The number of aromatic hydroxyl groups is 1. The lowest BCUT2D eigenvalue weighted by Crippen LogP contribution is -2.02. The van der Waals surface area contributed by atoms with Crippen molar-refractivity contribution >= 4 is 5.82 Å². The van der Waals surface area contributed by atoms with E-state index in [1.165, 1.54) is 24.8 Å². The number of phenols is 1. The molecule has 0 amide bonds. The third-order valence-corrected chi connectivity index (χ3v) is 4.17. The molecular formula is C20H32N4O2. The molecule has 0 spiro atoms. The molecule has 0 radical (unpaired) electrons. The van der Waals surface area contributed by atoms with Gasteiger partial charge in [-0.05, 0) is 43.0 Å². The molecule has 6 heteroatoms. The standard InChI is InChI=1S/C16H26O2.C4H6N4/c1-4-7-8-9-12-18-16-14(6-3)13(5-2)10-11-15(16)17;1-3-2-6-8-7-4(3)5/h10-11,17H,4-9,12H2,1-3H3;2H,1H3,(H2,5,6,7). The van der Waals surface area contributed by atoms with E-state index in [4.69, 9.17) is 10.5 Å². The molecule has 0 aliphatic rings. The van der Waals surface area contributed by atoms with E-state index in [-0.39, 0.29) is 5.75 Å². The van der Waals surface area contributed by atoms with Crippen LogP contribution >= 0.6 is 0 Å². The van der Waals surface area contributed by atoms with Crippen LogP contribution in [0.25, 0.3) is 0 Å². The molecule has 0 fully saturated rings. The van der Waals surface area contributed by atoms with E-state index >= 15 is 0 Å². The van der Waals surface area contributed by atoms with E-state index in [0.717, 1.165) is 30.4 Å². The van der Waals surface area contributed by atoms with Crippen LogP contribution in [0.2, 0.25) is 0 Å². The molecular weight excluding hydrogens is 328 g/mol. The highest BCUT2D eigenvalue weighted by atomic mass is 16.5. The summed E-state index contributed by atoms with van der Waals surface area (Å²) < 4.78 is 5.80. The number of unbranched alkanes of at least 4 members (excludes halogenated alkanes) is 3. The van der Waals surface area contributed by atoms with Crippen molar-refractivity contribution < 1.29 is 9.84 Å². The lowest BCUT2D eigenvalue weighted by molar-refractivity contribution is 0.286. The average Bonchev–Trinajstić information content (AvgIpc) is 2.65. The number of aryl methyl sites for hydroxylation is 2. The van der Waals surface area contributed by atoms with Gasteiger partial charge in [0, 0.05) is 11.1 Å². The molecule has 2 rings (SSSR count). The van der Waals surface area contributed by atoms with Crippen LogP contribution in [-0.4, -0.2) is 27.1 Å². The van der Waals surface area contributed by atoms with Crippen molar-refractivity contribution in [2.24, 2.45) is 0 Å². The van der Waals surface area contributed by atoms with Crippen molar-refractivity contribution in [3.05, 3.63) is 35.0 Å². The van der Waals surface area contributed by atoms with Gasteiger partial charge in [0.1, 0.15) is 0 Å². The zero-order chi connectivity index (χ0) is 19.4. The topological polar surface area (TPSA) is 94.1 Å². The zero-order valence-corrected chi connectivity index (χ0v) is 16.5. The van der Waals surface area contributed by atoms with Crippen LogP contribution in [0.4, 0.5) is 5.82 Å². The Morgan fingerprint density at radius 3 is 2.38 bits per heavy atom. The summed E-state index contributed by atoms with van der Waals surface area (Å²) in [5.74, 6) is 1.42. The third kappa shape index (κ3) is 6.86. The maximum absolute atomic E-state index is 9.92. The van der Waals surface area contributed by atoms with Gasteiger partial charge in [-0.3, -0.25) is 0 Å². The number of anilines is 1.